The first-order valence-corrected chi connectivity index (χ1v) is 9.73. The summed E-state index contributed by atoms with van der Waals surface area (Å²) in [6.45, 7) is 1.57. The Hall–Kier alpha value is -0.830. The molecule has 1 fully saturated rings. The minimum absolute atomic E-state index is 0. The van der Waals surface area contributed by atoms with E-state index in [4.69, 9.17) is 5.73 Å². The molecule has 130 valence electrons. The van der Waals surface area contributed by atoms with Crippen LogP contribution < -0.4 is 10.5 Å². The molecule has 1 atom stereocenters. The Morgan fingerprint density at radius 2 is 2.17 bits per heavy atom. The van der Waals surface area contributed by atoms with Crippen LogP contribution in [0.25, 0.3) is 0 Å². The van der Waals surface area contributed by atoms with Gasteiger partial charge >= 0.3 is 0 Å². The molecule has 1 aromatic rings. The lowest BCUT2D eigenvalue weighted by Crippen LogP contribution is -2.43. The van der Waals surface area contributed by atoms with Crippen molar-refractivity contribution in [2.75, 3.05) is 31.6 Å². The van der Waals surface area contributed by atoms with Crippen molar-refractivity contribution < 1.29 is 13.2 Å². The topological polar surface area (TPSA) is 92.5 Å². The summed E-state index contributed by atoms with van der Waals surface area (Å²) >= 11 is 3.32. The van der Waals surface area contributed by atoms with Gasteiger partial charge in [-0.25, -0.2) is 13.1 Å². The van der Waals surface area contributed by atoms with Crippen molar-refractivity contribution in [3.63, 3.8) is 0 Å². The Bertz CT molecular complexity index is 669. The summed E-state index contributed by atoms with van der Waals surface area (Å²) in [6, 6.07) is 5.20. The Balaban J connectivity index is 0.00000264. The lowest BCUT2D eigenvalue weighted by atomic mass is 9.97. The highest BCUT2D eigenvalue weighted by molar-refractivity contribution is 9.10. The van der Waals surface area contributed by atoms with E-state index in [2.05, 4.69) is 20.7 Å². The highest BCUT2D eigenvalue weighted by atomic mass is 79.9. The molecule has 0 spiro atoms. The molecule has 1 aliphatic rings. The Morgan fingerprint density at radius 1 is 1.48 bits per heavy atom. The van der Waals surface area contributed by atoms with Crippen molar-refractivity contribution in [2.24, 2.45) is 5.92 Å². The van der Waals surface area contributed by atoms with E-state index in [1.807, 2.05) is 0 Å². The third-order valence-corrected chi connectivity index (χ3v) is 4.87. The first-order chi connectivity index (χ1) is 10.3. The molecule has 0 aromatic heterocycles. The summed E-state index contributed by atoms with van der Waals surface area (Å²) in [7, 11) is -3.20. The number of carbonyl (C=O) groups excluding carboxylic acids is 1. The van der Waals surface area contributed by atoms with Crippen LogP contribution in [-0.2, 0) is 10.0 Å². The van der Waals surface area contributed by atoms with Crippen LogP contribution in [0.2, 0.25) is 0 Å². The monoisotopic (exact) mass is 425 g/mol. The number of likely N-dealkylation sites (tertiary alicyclic amines) is 1. The van der Waals surface area contributed by atoms with E-state index in [9.17, 15) is 13.2 Å². The number of nitrogens with one attached hydrogen (secondary N) is 1. The Labute approximate surface area is 151 Å². The fourth-order valence-electron chi connectivity index (χ4n) is 2.58. The smallest absolute Gasteiger partial charge is 0.255 e. The first-order valence-electron chi connectivity index (χ1n) is 7.05. The normalized spacial score (nSPS) is 18.3. The number of benzene rings is 1. The maximum Gasteiger partial charge on any atom is 0.255 e. The second-order valence-electron chi connectivity index (χ2n) is 5.61. The number of hydrogen-bond donors (Lipinski definition) is 2. The zero-order valence-electron chi connectivity index (χ0n) is 12.8. The van der Waals surface area contributed by atoms with E-state index in [0.717, 1.165) is 23.6 Å². The molecule has 23 heavy (non-hydrogen) atoms. The number of nitrogen functional groups attached to an aromatic ring is 1. The van der Waals surface area contributed by atoms with Gasteiger partial charge in [-0.15, -0.1) is 12.4 Å². The Kier molecular flexibility index (Phi) is 7.31. The number of anilines is 1. The zero-order chi connectivity index (χ0) is 16.3. The van der Waals surface area contributed by atoms with Crippen molar-refractivity contribution in [2.45, 2.75) is 12.8 Å². The molecule has 1 aromatic carbocycles. The van der Waals surface area contributed by atoms with Gasteiger partial charge in [-0.05, 0) is 37.0 Å². The van der Waals surface area contributed by atoms with E-state index in [1.165, 1.54) is 0 Å². The molecule has 0 radical (unpaired) electrons. The SMILES string of the molecule is CS(=O)(=O)NCC1CCCN(C(=O)c2ccc(Br)cc2N)C1.Cl. The van der Waals surface area contributed by atoms with Crippen LogP contribution in [0.15, 0.2) is 22.7 Å². The molecule has 0 aliphatic carbocycles. The summed E-state index contributed by atoms with van der Waals surface area (Å²) in [5, 5.41) is 0. The third kappa shape index (κ3) is 5.95. The van der Waals surface area contributed by atoms with Crippen LogP contribution in [0.4, 0.5) is 5.69 Å². The van der Waals surface area contributed by atoms with Gasteiger partial charge in [0.1, 0.15) is 0 Å². The van der Waals surface area contributed by atoms with Gasteiger partial charge in [-0.2, -0.15) is 0 Å². The molecule has 1 saturated heterocycles. The number of amides is 1. The number of carbonyl (C=O) groups is 1. The number of piperidine rings is 1. The molecule has 0 bridgehead atoms. The van der Waals surface area contributed by atoms with E-state index >= 15 is 0 Å². The van der Waals surface area contributed by atoms with Gasteiger partial charge in [0.2, 0.25) is 10.0 Å². The molecule has 1 unspecified atom stereocenters. The van der Waals surface area contributed by atoms with E-state index in [-0.39, 0.29) is 24.2 Å². The molecule has 6 nitrogen and oxygen atoms in total. The van der Waals surface area contributed by atoms with Gasteiger partial charge in [-0.1, -0.05) is 15.9 Å². The summed E-state index contributed by atoms with van der Waals surface area (Å²) < 4.78 is 25.7. The quantitative estimate of drug-likeness (QED) is 0.719. The van der Waals surface area contributed by atoms with Gasteiger partial charge in [0, 0.05) is 29.8 Å². The highest BCUT2D eigenvalue weighted by Gasteiger charge is 2.26. The molecule has 1 amide bonds. The molecule has 9 heteroatoms. The minimum Gasteiger partial charge on any atom is -0.398 e. The predicted molar refractivity (Wildman–Crippen MR) is 97.3 cm³/mol. The summed E-state index contributed by atoms with van der Waals surface area (Å²) in [5.74, 6) is 0.0261. The number of rotatable bonds is 4. The molecule has 3 N–H and O–H groups in total. The van der Waals surface area contributed by atoms with Gasteiger partial charge in [0.15, 0.2) is 0 Å². The van der Waals surface area contributed by atoms with Crippen molar-refractivity contribution in [1.29, 1.82) is 0 Å². The van der Waals surface area contributed by atoms with Crippen LogP contribution in [-0.4, -0.2) is 45.1 Å². The van der Waals surface area contributed by atoms with Crippen molar-refractivity contribution in [3.05, 3.63) is 28.2 Å². The van der Waals surface area contributed by atoms with Gasteiger partial charge in [0.25, 0.3) is 5.91 Å². The number of hydrogen-bond acceptors (Lipinski definition) is 4. The number of nitrogens with two attached hydrogens (primary N) is 1. The first kappa shape index (κ1) is 20.2. The Morgan fingerprint density at radius 3 is 2.78 bits per heavy atom. The molecule has 1 aliphatic heterocycles. The average Bonchev–Trinajstić information content (AvgIpc) is 2.44. The third-order valence-electron chi connectivity index (χ3n) is 3.68. The van der Waals surface area contributed by atoms with Crippen LogP contribution in [0.1, 0.15) is 23.2 Å². The van der Waals surface area contributed by atoms with E-state index in [0.29, 0.717) is 30.9 Å². The van der Waals surface area contributed by atoms with Crippen molar-refractivity contribution >= 4 is 50.0 Å². The molecular weight excluding hydrogens is 406 g/mol. The maximum atomic E-state index is 12.6. The molecule has 0 saturated carbocycles. The van der Waals surface area contributed by atoms with Crippen molar-refractivity contribution in [3.8, 4) is 0 Å². The molecule has 1 heterocycles. The molecule has 2 rings (SSSR count). The fourth-order valence-corrected chi connectivity index (χ4v) is 3.50. The fraction of sp³-hybridized carbons (Fsp3) is 0.500. The van der Waals surface area contributed by atoms with Crippen LogP contribution in [0, 0.1) is 5.92 Å². The minimum atomic E-state index is -3.20. The van der Waals surface area contributed by atoms with Gasteiger partial charge in [0.05, 0.1) is 11.8 Å². The van der Waals surface area contributed by atoms with Gasteiger partial charge < -0.3 is 10.6 Å². The largest absolute Gasteiger partial charge is 0.398 e. The van der Waals surface area contributed by atoms with E-state index < -0.39 is 10.0 Å². The van der Waals surface area contributed by atoms with Crippen LogP contribution >= 0.6 is 28.3 Å². The second-order valence-corrected chi connectivity index (χ2v) is 8.36. The number of halogens is 2. The number of sulfonamides is 1. The standard InChI is InChI=1S/C14H20BrN3O3S.ClH/c1-22(20,21)17-8-10-3-2-6-18(9-10)14(19)12-5-4-11(15)7-13(12)16;/h4-5,7,10,17H,2-3,6,8-9,16H2,1H3;1H. The zero-order valence-corrected chi connectivity index (χ0v) is 16.0. The van der Waals surface area contributed by atoms with Crippen LogP contribution in [0.3, 0.4) is 0 Å². The average molecular weight is 427 g/mol. The van der Waals surface area contributed by atoms with Crippen molar-refractivity contribution in [1.82, 2.24) is 9.62 Å². The van der Waals surface area contributed by atoms with E-state index in [1.54, 1.807) is 23.1 Å². The van der Waals surface area contributed by atoms with Gasteiger partial charge in [-0.3, -0.25) is 4.79 Å². The lowest BCUT2D eigenvalue weighted by Gasteiger charge is -2.33. The second kappa shape index (κ2) is 8.32. The summed E-state index contributed by atoms with van der Waals surface area (Å²) in [6.07, 6.45) is 2.90. The molecular formula is C14H21BrClN3O3S. The number of nitrogens with zero attached hydrogens (tertiary/aromatic N) is 1. The lowest BCUT2D eigenvalue weighted by molar-refractivity contribution is 0.0677. The van der Waals surface area contributed by atoms with Crippen LogP contribution in [0.5, 0.6) is 0 Å². The predicted octanol–water partition coefficient (Wildman–Crippen LogP) is 1.85. The summed E-state index contributed by atoms with van der Waals surface area (Å²) in [5.41, 5.74) is 6.84. The summed E-state index contributed by atoms with van der Waals surface area (Å²) in [4.78, 5) is 14.3. The maximum absolute atomic E-state index is 12.6. The highest BCUT2D eigenvalue weighted by Crippen LogP contribution is 2.23.